The Morgan fingerprint density at radius 3 is 2.62 bits per heavy atom. The van der Waals surface area contributed by atoms with Crippen LogP contribution in [0.2, 0.25) is 0 Å². The van der Waals surface area contributed by atoms with Crippen LogP contribution in [0.3, 0.4) is 0 Å². The van der Waals surface area contributed by atoms with E-state index < -0.39 is 0 Å². The van der Waals surface area contributed by atoms with Gasteiger partial charge in [-0.05, 0) is 45.6 Å². The van der Waals surface area contributed by atoms with E-state index in [-0.39, 0.29) is 23.2 Å². The SMILES string of the molecule is CC1(C)CC(C(N)c2csnn2)C(C)(C)O1. The van der Waals surface area contributed by atoms with E-state index in [0.29, 0.717) is 0 Å². The third-order valence-corrected chi connectivity index (χ3v) is 3.82. The Balaban J connectivity index is 2.22. The van der Waals surface area contributed by atoms with Gasteiger partial charge in [-0.15, -0.1) is 5.10 Å². The summed E-state index contributed by atoms with van der Waals surface area (Å²) in [4.78, 5) is 0. The van der Waals surface area contributed by atoms with Crippen LogP contribution in [-0.4, -0.2) is 20.8 Å². The lowest BCUT2D eigenvalue weighted by molar-refractivity contribution is -0.0768. The van der Waals surface area contributed by atoms with Crippen LogP contribution in [0.15, 0.2) is 5.38 Å². The molecule has 90 valence electrons. The maximum atomic E-state index is 6.27. The molecule has 2 rings (SSSR count). The summed E-state index contributed by atoms with van der Waals surface area (Å²) in [6, 6.07) is -0.0875. The fraction of sp³-hybridized carbons (Fsp3) is 0.818. The fourth-order valence-corrected chi connectivity index (χ4v) is 3.19. The van der Waals surface area contributed by atoms with E-state index in [1.165, 1.54) is 11.5 Å². The lowest BCUT2D eigenvalue weighted by Crippen LogP contribution is -2.36. The molecule has 1 aromatic rings. The number of nitrogens with zero attached hydrogens (tertiary/aromatic N) is 2. The highest BCUT2D eigenvalue weighted by atomic mass is 32.1. The van der Waals surface area contributed by atoms with E-state index in [4.69, 9.17) is 10.5 Å². The molecule has 4 nitrogen and oxygen atoms in total. The highest BCUT2D eigenvalue weighted by molar-refractivity contribution is 7.03. The fourth-order valence-electron chi connectivity index (χ4n) is 2.69. The molecule has 0 radical (unpaired) electrons. The average molecular weight is 241 g/mol. The summed E-state index contributed by atoms with van der Waals surface area (Å²) in [7, 11) is 0. The Hall–Kier alpha value is -0.520. The van der Waals surface area contributed by atoms with Crippen LogP contribution in [0.1, 0.15) is 45.9 Å². The van der Waals surface area contributed by atoms with Crippen molar-refractivity contribution >= 4 is 11.5 Å². The first kappa shape index (κ1) is 12.0. The van der Waals surface area contributed by atoms with Gasteiger partial charge >= 0.3 is 0 Å². The Morgan fingerprint density at radius 1 is 1.50 bits per heavy atom. The molecule has 0 saturated carbocycles. The van der Waals surface area contributed by atoms with Crippen molar-refractivity contribution in [3.05, 3.63) is 11.1 Å². The highest BCUT2D eigenvalue weighted by Gasteiger charge is 2.48. The zero-order valence-corrected chi connectivity index (χ0v) is 11.0. The molecule has 0 spiro atoms. The molecule has 2 N–H and O–H groups in total. The first-order valence-electron chi connectivity index (χ1n) is 5.54. The van der Waals surface area contributed by atoms with Gasteiger partial charge in [0.15, 0.2) is 0 Å². The number of hydrogen-bond acceptors (Lipinski definition) is 5. The molecular weight excluding hydrogens is 222 g/mol. The summed E-state index contributed by atoms with van der Waals surface area (Å²) < 4.78 is 9.91. The van der Waals surface area contributed by atoms with Crippen molar-refractivity contribution in [1.82, 2.24) is 9.59 Å². The van der Waals surface area contributed by atoms with Crippen LogP contribution < -0.4 is 5.73 Å². The number of rotatable bonds is 2. The number of aromatic nitrogens is 2. The summed E-state index contributed by atoms with van der Waals surface area (Å²) in [6.45, 7) is 8.43. The molecule has 0 bridgehead atoms. The van der Waals surface area contributed by atoms with Gasteiger partial charge in [0.1, 0.15) is 0 Å². The second-order valence-corrected chi connectivity index (χ2v) is 6.24. The first-order chi connectivity index (χ1) is 7.32. The minimum atomic E-state index is -0.202. The lowest BCUT2D eigenvalue weighted by Gasteiger charge is -2.30. The van der Waals surface area contributed by atoms with Gasteiger partial charge in [0.2, 0.25) is 0 Å². The first-order valence-corrected chi connectivity index (χ1v) is 6.38. The second kappa shape index (κ2) is 3.75. The maximum absolute atomic E-state index is 6.27. The maximum Gasteiger partial charge on any atom is 0.0926 e. The molecule has 2 heterocycles. The summed E-state index contributed by atoms with van der Waals surface area (Å²) >= 11 is 1.34. The van der Waals surface area contributed by atoms with Crippen molar-refractivity contribution in [3.8, 4) is 0 Å². The summed E-state index contributed by atoms with van der Waals surface area (Å²) in [5.74, 6) is 0.284. The van der Waals surface area contributed by atoms with Crippen LogP contribution in [0, 0.1) is 5.92 Å². The van der Waals surface area contributed by atoms with Gasteiger partial charge in [-0.1, -0.05) is 4.49 Å². The van der Waals surface area contributed by atoms with Crippen LogP contribution in [0.4, 0.5) is 0 Å². The van der Waals surface area contributed by atoms with Crippen LogP contribution in [-0.2, 0) is 4.74 Å². The van der Waals surface area contributed by atoms with E-state index in [2.05, 4.69) is 37.3 Å². The van der Waals surface area contributed by atoms with Gasteiger partial charge < -0.3 is 10.5 Å². The third-order valence-electron chi connectivity index (χ3n) is 3.30. The molecule has 2 atom stereocenters. The molecule has 5 heteroatoms. The molecular formula is C11H19N3OS. The minimum Gasteiger partial charge on any atom is -0.369 e. The van der Waals surface area contributed by atoms with Gasteiger partial charge in [-0.25, -0.2) is 0 Å². The van der Waals surface area contributed by atoms with Crippen molar-refractivity contribution in [2.75, 3.05) is 0 Å². The third kappa shape index (κ3) is 2.12. The zero-order valence-electron chi connectivity index (χ0n) is 10.2. The number of nitrogens with two attached hydrogens (primary N) is 1. The largest absolute Gasteiger partial charge is 0.369 e. The molecule has 16 heavy (non-hydrogen) atoms. The van der Waals surface area contributed by atoms with E-state index in [1.807, 2.05) is 5.38 Å². The topological polar surface area (TPSA) is 61.0 Å². The molecule has 1 aliphatic heterocycles. The predicted molar refractivity (Wildman–Crippen MR) is 64.2 cm³/mol. The van der Waals surface area contributed by atoms with Gasteiger partial charge in [0.05, 0.1) is 22.9 Å². The Morgan fingerprint density at radius 2 is 2.19 bits per heavy atom. The second-order valence-electron chi connectivity index (χ2n) is 5.63. The van der Waals surface area contributed by atoms with E-state index in [9.17, 15) is 0 Å². The molecule has 1 saturated heterocycles. The average Bonchev–Trinajstić information content (AvgIpc) is 2.69. The van der Waals surface area contributed by atoms with Gasteiger partial charge in [-0.3, -0.25) is 0 Å². The van der Waals surface area contributed by atoms with Crippen molar-refractivity contribution < 1.29 is 4.74 Å². The van der Waals surface area contributed by atoms with Gasteiger partial charge in [0, 0.05) is 11.3 Å². The standard InChI is InChI=1S/C11H19N3OS/c1-10(2)5-7(11(3,4)15-10)9(12)8-6-16-14-13-8/h6-7,9H,5,12H2,1-4H3. The molecule has 1 fully saturated rings. The predicted octanol–water partition coefficient (Wildman–Crippen LogP) is 2.13. The van der Waals surface area contributed by atoms with Gasteiger partial charge in [0.25, 0.3) is 0 Å². The van der Waals surface area contributed by atoms with Crippen molar-refractivity contribution in [2.24, 2.45) is 11.7 Å². The number of hydrogen-bond donors (Lipinski definition) is 1. The van der Waals surface area contributed by atoms with Crippen molar-refractivity contribution in [2.45, 2.75) is 51.4 Å². The molecule has 2 unspecified atom stereocenters. The summed E-state index contributed by atoms with van der Waals surface area (Å²) in [6.07, 6.45) is 0.957. The van der Waals surface area contributed by atoms with Crippen LogP contribution in [0.25, 0.3) is 0 Å². The van der Waals surface area contributed by atoms with E-state index in [0.717, 1.165) is 12.1 Å². The molecule has 1 aliphatic rings. The van der Waals surface area contributed by atoms with Crippen LogP contribution >= 0.6 is 11.5 Å². The minimum absolute atomic E-state index is 0.0875. The normalized spacial score (nSPS) is 29.2. The van der Waals surface area contributed by atoms with Gasteiger partial charge in [-0.2, -0.15) is 0 Å². The molecule has 0 aliphatic carbocycles. The molecule has 1 aromatic heterocycles. The zero-order chi connectivity index (χ0) is 12.0. The smallest absolute Gasteiger partial charge is 0.0926 e. The lowest BCUT2D eigenvalue weighted by atomic mass is 9.81. The van der Waals surface area contributed by atoms with Crippen molar-refractivity contribution in [1.29, 1.82) is 0 Å². The quantitative estimate of drug-likeness (QED) is 0.861. The summed E-state index contributed by atoms with van der Waals surface area (Å²) in [5.41, 5.74) is 6.84. The van der Waals surface area contributed by atoms with E-state index >= 15 is 0 Å². The molecule has 0 aromatic carbocycles. The highest BCUT2D eigenvalue weighted by Crippen LogP contribution is 2.46. The Bertz CT molecular complexity index is 361. The summed E-state index contributed by atoms with van der Waals surface area (Å²) in [5, 5.41) is 5.98. The number of ether oxygens (including phenoxy) is 1. The Kier molecular flexibility index (Phi) is 2.80. The van der Waals surface area contributed by atoms with E-state index in [1.54, 1.807) is 0 Å². The monoisotopic (exact) mass is 241 g/mol. The van der Waals surface area contributed by atoms with Crippen molar-refractivity contribution in [3.63, 3.8) is 0 Å². The Labute approximate surface area is 100 Å². The van der Waals surface area contributed by atoms with Crippen LogP contribution in [0.5, 0.6) is 0 Å². The molecule has 0 amide bonds.